The lowest BCUT2D eigenvalue weighted by Gasteiger charge is -2.49. The Kier molecular flexibility index (Phi) is 7.36. The van der Waals surface area contributed by atoms with E-state index < -0.39 is 45.4 Å². The summed E-state index contributed by atoms with van der Waals surface area (Å²) in [4.78, 5) is 15.7. The van der Waals surface area contributed by atoms with Crippen LogP contribution >= 0.6 is 0 Å². The standard InChI is InChI=1S/C24H32F2N4O6S/c1-24(2,3)29(23(31)32)19-9-15(12-36-22(19)16-8-14(25)6-7-18(16)26)28-11-20-17(21(28)13-35-4)10-27-30(20)37(5,33)34/h6-8,10,15,19,21-22H,9,11-13H2,1-5H3,(H,31,32)/t15-,19+,21+,22-/m1/s1. The molecule has 2 aliphatic rings. The average molecular weight is 543 g/mol. The number of methoxy groups -OCH3 is 1. The molecule has 1 N–H and O–H groups in total. The van der Waals surface area contributed by atoms with E-state index in [-0.39, 0.29) is 43.8 Å². The van der Waals surface area contributed by atoms with Gasteiger partial charge < -0.3 is 14.6 Å². The Morgan fingerprint density at radius 3 is 2.59 bits per heavy atom. The summed E-state index contributed by atoms with van der Waals surface area (Å²) in [7, 11) is -2.11. The Hall–Kier alpha value is -2.61. The molecule has 37 heavy (non-hydrogen) atoms. The zero-order valence-corrected chi connectivity index (χ0v) is 22.2. The molecule has 4 rings (SSSR count). The largest absolute Gasteiger partial charge is 0.465 e. The predicted molar refractivity (Wildman–Crippen MR) is 129 cm³/mol. The van der Waals surface area contributed by atoms with Crippen LogP contribution in [-0.2, 0) is 26.0 Å². The summed E-state index contributed by atoms with van der Waals surface area (Å²) in [6.45, 7) is 5.73. The molecule has 1 saturated heterocycles. The molecule has 1 amide bonds. The molecule has 2 aromatic rings. The Bertz CT molecular complexity index is 1280. The van der Waals surface area contributed by atoms with Crippen molar-refractivity contribution in [3.63, 3.8) is 0 Å². The van der Waals surface area contributed by atoms with E-state index in [1.165, 1.54) is 18.2 Å². The van der Waals surface area contributed by atoms with E-state index in [1.54, 1.807) is 20.8 Å². The van der Waals surface area contributed by atoms with Gasteiger partial charge in [0.2, 0.25) is 0 Å². The Balaban J connectivity index is 1.73. The fourth-order valence-corrected chi connectivity index (χ4v) is 6.28. The van der Waals surface area contributed by atoms with E-state index in [2.05, 4.69) is 5.10 Å². The van der Waals surface area contributed by atoms with Crippen LogP contribution in [0.1, 0.15) is 56.2 Å². The molecule has 0 unspecified atom stereocenters. The lowest BCUT2D eigenvalue weighted by atomic mass is 9.88. The first kappa shape index (κ1) is 27.4. The molecule has 1 aromatic heterocycles. The number of rotatable bonds is 6. The van der Waals surface area contributed by atoms with Gasteiger partial charge in [-0.3, -0.25) is 9.80 Å². The van der Waals surface area contributed by atoms with Crippen molar-refractivity contribution in [2.45, 2.75) is 63.5 Å². The van der Waals surface area contributed by atoms with Gasteiger partial charge in [0.15, 0.2) is 0 Å². The molecule has 2 aliphatic heterocycles. The third kappa shape index (κ3) is 5.22. The van der Waals surface area contributed by atoms with Crippen LogP contribution in [-0.4, -0.2) is 82.8 Å². The monoisotopic (exact) mass is 542 g/mol. The number of halogens is 2. The number of carbonyl (C=O) groups is 1. The normalized spacial score (nSPS) is 24.7. The molecule has 1 fully saturated rings. The molecule has 0 spiro atoms. The summed E-state index contributed by atoms with van der Waals surface area (Å²) in [6.07, 6.45) is 0.556. The van der Waals surface area contributed by atoms with E-state index >= 15 is 0 Å². The summed E-state index contributed by atoms with van der Waals surface area (Å²) >= 11 is 0. The molecule has 1 aromatic carbocycles. The molecule has 0 radical (unpaired) electrons. The van der Waals surface area contributed by atoms with E-state index in [1.807, 2.05) is 4.90 Å². The highest BCUT2D eigenvalue weighted by Gasteiger charge is 2.48. The number of hydrogen-bond donors (Lipinski definition) is 1. The quantitative estimate of drug-likeness (QED) is 0.592. The molecule has 0 saturated carbocycles. The number of carboxylic acid groups (broad SMARTS) is 1. The molecule has 0 bridgehead atoms. The van der Waals surface area contributed by atoms with Crippen LogP contribution in [0.3, 0.4) is 0 Å². The minimum Gasteiger partial charge on any atom is -0.465 e. The molecular formula is C24H32F2N4O6S. The third-order valence-electron chi connectivity index (χ3n) is 6.92. The maximum atomic E-state index is 14.8. The smallest absolute Gasteiger partial charge is 0.408 e. The lowest BCUT2D eigenvalue weighted by Crippen LogP contribution is -2.58. The summed E-state index contributed by atoms with van der Waals surface area (Å²) in [6, 6.07) is 1.46. The van der Waals surface area contributed by atoms with Gasteiger partial charge in [-0.05, 0) is 45.4 Å². The van der Waals surface area contributed by atoms with Crippen molar-refractivity contribution >= 4 is 16.1 Å². The highest BCUT2D eigenvalue weighted by molar-refractivity contribution is 7.89. The SMILES string of the molecule is COC[C@H]1c2cnn(S(C)(=O)=O)c2CN1[C@H]1CO[C@H](c2cc(F)ccc2F)[C@@H](N(C(=O)O)C(C)(C)C)C1. The van der Waals surface area contributed by atoms with Crippen LogP contribution in [0.15, 0.2) is 24.4 Å². The van der Waals surface area contributed by atoms with Crippen LogP contribution in [0, 0.1) is 11.6 Å². The molecular weight excluding hydrogens is 510 g/mol. The molecule has 13 heteroatoms. The number of amides is 1. The second-order valence-corrected chi connectivity index (χ2v) is 12.3. The highest BCUT2D eigenvalue weighted by atomic mass is 32.2. The van der Waals surface area contributed by atoms with Gasteiger partial charge in [0, 0.05) is 36.4 Å². The molecule has 10 nitrogen and oxygen atoms in total. The van der Waals surface area contributed by atoms with Crippen molar-refractivity contribution < 1.29 is 36.6 Å². The fourth-order valence-electron chi connectivity index (χ4n) is 5.50. The van der Waals surface area contributed by atoms with Crippen molar-refractivity contribution in [1.82, 2.24) is 19.0 Å². The first-order valence-corrected chi connectivity index (χ1v) is 13.7. The number of ether oxygens (including phenoxy) is 2. The van der Waals surface area contributed by atoms with Gasteiger partial charge in [-0.2, -0.15) is 9.19 Å². The second kappa shape index (κ2) is 9.93. The first-order chi connectivity index (χ1) is 17.2. The zero-order valence-electron chi connectivity index (χ0n) is 21.4. The number of aromatic nitrogens is 2. The summed E-state index contributed by atoms with van der Waals surface area (Å²) in [5, 5.41) is 14.2. The van der Waals surface area contributed by atoms with Crippen LogP contribution in [0.25, 0.3) is 0 Å². The molecule has 204 valence electrons. The van der Waals surface area contributed by atoms with E-state index in [0.29, 0.717) is 11.3 Å². The number of nitrogens with zero attached hydrogens (tertiary/aromatic N) is 4. The van der Waals surface area contributed by atoms with Crippen LogP contribution < -0.4 is 0 Å². The number of benzene rings is 1. The van der Waals surface area contributed by atoms with Crippen molar-refractivity contribution in [2.24, 2.45) is 0 Å². The molecule has 0 aliphatic carbocycles. The zero-order chi connectivity index (χ0) is 27.3. The third-order valence-corrected chi connectivity index (χ3v) is 7.86. The van der Waals surface area contributed by atoms with Gasteiger partial charge in [-0.1, -0.05) is 0 Å². The van der Waals surface area contributed by atoms with Crippen molar-refractivity contribution in [3.05, 3.63) is 52.9 Å². The van der Waals surface area contributed by atoms with Gasteiger partial charge in [-0.15, -0.1) is 0 Å². The maximum Gasteiger partial charge on any atom is 0.408 e. The van der Waals surface area contributed by atoms with Crippen molar-refractivity contribution in [2.75, 3.05) is 26.6 Å². The Morgan fingerprint density at radius 2 is 2.00 bits per heavy atom. The highest BCUT2D eigenvalue weighted by Crippen LogP contribution is 2.43. The lowest BCUT2D eigenvalue weighted by molar-refractivity contribution is -0.110. The molecule has 3 heterocycles. The van der Waals surface area contributed by atoms with Gasteiger partial charge in [0.25, 0.3) is 10.0 Å². The number of fused-ring (bicyclic) bond motifs is 1. The first-order valence-electron chi connectivity index (χ1n) is 11.8. The van der Waals surface area contributed by atoms with Crippen molar-refractivity contribution in [3.8, 4) is 0 Å². The summed E-state index contributed by atoms with van der Waals surface area (Å²) in [5.74, 6) is -1.34. The fraction of sp³-hybridized carbons (Fsp3) is 0.583. The van der Waals surface area contributed by atoms with E-state index in [0.717, 1.165) is 28.5 Å². The Morgan fingerprint density at radius 1 is 1.30 bits per heavy atom. The predicted octanol–water partition coefficient (Wildman–Crippen LogP) is 3.15. The van der Waals surface area contributed by atoms with Crippen molar-refractivity contribution in [1.29, 1.82) is 0 Å². The molecule has 4 atom stereocenters. The topological polar surface area (TPSA) is 114 Å². The maximum absolute atomic E-state index is 14.8. The van der Waals surface area contributed by atoms with Gasteiger partial charge in [0.05, 0.1) is 43.4 Å². The minimum absolute atomic E-state index is 0.0511. The second-order valence-electron chi connectivity index (χ2n) is 10.5. The minimum atomic E-state index is -3.64. The van der Waals surface area contributed by atoms with E-state index in [4.69, 9.17) is 9.47 Å². The number of hydrogen-bond acceptors (Lipinski definition) is 7. The average Bonchev–Trinajstić information content (AvgIpc) is 3.34. The van der Waals surface area contributed by atoms with Gasteiger partial charge >= 0.3 is 6.09 Å². The van der Waals surface area contributed by atoms with Gasteiger partial charge in [0.1, 0.15) is 17.7 Å². The van der Waals surface area contributed by atoms with Crippen LogP contribution in [0.4, 0.5) is 13.6 Å². The summed E-state index contributed by atoms with van der Waals surface area (Å²) in [5.41, 5.74) is 0.281. The summed E-state index contributed by atoms with van der Waals surface area (Å²) < 4.78 is 66.0. The van der Waals surface area contributed by atoms with Gasteiger partial charge in [-0.25, -0.2) is 22.0 Å². The van der Waals surface area contributed by atoms with E-state index in [9.17, 15) is 27.1 Å². The van der Waals surface area contributed by atoms with Crippen LogP contribution in [0.2, 0.25) is 0 Å². The Labute approximate surface area is 214 Å². The van der Waals surface area contributed by atoms with Crippen LogP contribution in [0.5, 0.6) is 0 Å².